The van der Waals surface area contributed by atoms with Crippen LogP contribution in [0.5, 0.6) is 0 Å². The number of thiocarbonyl (C=S) groups is 2. The Bertz CT molecular complexity index is 2210. The van der Waals surface area contributed by atoms with Gasteiger partial charge in [0.25, 0.3) is 5.91 Å². The van der Waals surface area contributed by atoms with Crippen LogP contribution in [0.4, 0.5) is 0 Å². The van der Waals surface area contributed by atoms with E-state index in [9.17, 15) is 24.0 Å². The van der Waals surface area contributed by atoms with Crippen molar-refractivity contribution in [3.05, 3.63) is 97.2 Å². The van der Waals surface area contributed by atoms with Crippen molar-refractivity contribution < 1.29 is 43.0 Å². The van der Waals surface area contributed by atoms with Crippen LogP contribution in [0, 0.1) is 0 Å². The molecular formula is C40H36Cl4N2O9S4. The molecule has 2 aromatic heterocycles. The summed E-state index contributed by atoms with van der Waals surface area (Å²) in [4.78, 5) is 58.8. The number of carboxylic acid groups (broad SMARTS) is 2. The minimum Gasteiger partial charge on any atom is -0.481 e. The van der Waals surface area contributed by atoms with Crippen LogP contribution in [0.25, 0.3) is 28.7 Å². The second-order valence-electron chi connectivity index (χ2n) is 12.6. The van der Waals surface area contributed by atoms with Gasteiger partial charge in [-0.1, -0.05) is 107 Å². The average molecular weight is 959 g/mol. The molecule has 0 radical (unpaired) electrons. The van der Waals surface area contributed by atoms with Crippen LogP contribution in [0.1, 0.15) is 67.7 Å². The Morgan fingerprint density at radius 1 is 0.678 bits per heavy atom. The largest absolute Gasteiger partial charge is 0.481 e. The first-order valence-corrected chi connectivity index (χ1v) is 22.0. The maximum absolute atomic E-state index is 12.6. The number of carbonyl (C=O) groups is 5. The molecule has 6 rings (SSSR count). The van der Waals surface area contributed by atoms with Crippen molar-refractivity contribution in [3.63, 3.8) is 0 Å². The van der Waals surface area contributed by atoms with Gasteiger partial charge in [0.05, 0.1) is 30.7 Å². The number of unbranched alkanes of at least 4 members (excludes halogenated alkanes) is 4. The fourth-order valence-corrected chi connectivity index (χ4v) is 8.33. The van der Waals surface area contributed by atoms with Crippen molar-refractivity contribution in [2.75, 3.05) is 18.8 Å². The number of furan rings is 2. The van der Waals surface area contributed by atoms with E-state index in [4.69, 9.17) is 89.9 Å². The van der Waals surface area contributed by atoms with Gasteiger partial charge in [-0.2, -0.15) is 0 Å². The summed E-state index contributed by atoms with van der Waals surface area (Å²) in [5.74, 6) is 0.821. The Hall–Kier alpha value is -3.67. The predicted molar refractivity (Wildman–Crippen MR) is 243 cm³/mol. The number of halogens is 4. The molecule has 2 amide bonds. The number of carbonyl (C=O) groups excluding carboxylic acids is 3. The summed E-state index contributed by atoms with van der Waals surface area (Å²) in [7, 11) is 0. The van der Waals surface area contributed by atoms with Crippen LogP contribution in [-0.2, 0) is 19.2 Å². The molecule has 0 spiro atoms. The molecule has 0 aliphatic carbocycles. The summed E-state index contributed by atoms with van der Waals surface area (Å²) in [6.45, 7) is 1.11. The minimum absolute atomic E-state index is 0.0724. The van der Waals surface area contributed by atoms with Crippen LogP contribution >= 0.6 is 94.4 Å². The van der Waals surface area contributed by atoms with Crippen molar-refractivity contribution >= 4 is 139 Å². The maximum Gasteiger partial charge on any atom is 0.303 e. The van der Waals surface area contributed by atoms with E-state index < -0.39 is 11.9 Å². The molecule has 4 aromatic rings. The van der Waals surface area contributed by atoms with E-state index in [0.29, 0.717) is 95.3 Å². The van der Waals surface area contributed by atoms with E-state index in [1.165, 1.54) is 23.5 Å². The lowest BCUT2D eigenvalue weighted by atomic mass is 10.2. The molecule has 2 fully saturated rings. The topological polar surface area (TPSA) is 159 Å². The van der Waals surface area contributed by atoms with E-state index in [0.717, 1.165) is 30.4 Å². The molecule has 2 aliphatic heterocycles. The number of rotatable bonds is 16. The number of amides is 2. The Balaban J connectivity index is 0.000000215. The number of thioether (sulfide) groups is 2. The van der Waals surface area contributed by atoms with Gasteiger partial charge >= 0.3 is 11.9 Å². The Morgan fingerprint density at radius 2 is 1.19 bits per heavy atom. The highest BCUT2D eigenvalue weighted by Gasteiger charge is 2.32. The maximum atomic E-state index is 12.6. The van der Waals surface area contributed by atoms with Crippen molar-refractivity contribution in [2.45, 2.75) is 51.4 Å². The van der Waals surface area contributed by atoms with Gasteiger partial charge in [-0.25, -0.2) is 0 Å². The highest BCUT2D eigenvalue weighted by atomic mass is 35.5. The van der Waals surface area contributed by atoms with Crippen LogP contribution in [-0.4, -0.2) is 77.5 Å². The van der Waals surface area contributed by atoms with Crippen LogP contribution in [0.2, 0.25) is 20.1 Å². The normalized spacial score (nSPS) is 14.3. The molecule has 2 aromatic carbocycles. The van der Waals surface area contributed by atoms with Crippen molar-refractivity contribution in [2.24, 2.45) is 0 Å². The van der Waals surface area contributed by atoms with Gasteiger partial charge in [-0.05, 0) is 86.3 Å². The fraction of sp³-hybridized carbons (Fsp3) is 0.275. The van der Waals surface area contributed by atoms with E-state index in [2.05, 4.69) is 0 Å². The monoisotopic (exact) mass is 956 g/mol. The third kappa shape index (κ3) is 15.1. The summed E-state index contributed by atoms with van der Waals surface area (Å²) in [5, 5.41) is 18.9. The molecule has 312 valence electrons. The molecule has 11 nitrogen and oxygen atoms in total. The molecule has 0 atom stereocenters. The molecule has 59 heavy (non-hydrogen) atoms. The van der Waals surface area contributed by atoms with Gasteiger partial charge in [-0.15, -0.1) is 0 Å². The molecular weight excluding hydrogens is 923 g/mol. The molecule has 0 bridgehead atoms. The smallest absolute Gasteiger partial charge is 0.303 e. The molecule has 2 aliphatic rings. The predicted octanol–water partition coefficient (Wildman–Crippen LogP) is 11.7. The standard InChI is InChI=1S/C20H17Cl2NO4S2.C11H6Cl2O2.C9H13NO3S2/c21-14-7-5-12(10-15(14)22)16-8-6-13(27-16)11-17-19(26)23(20(28)29-17)9-3-1-2-4-18(24)25;12-9-3-1-7(5-10(9)13)11-4-2-8(6-14)15-11;11-7-6-15-9(14)10(7)5-3-1-2-4-8(12)13/h5-8,10-11H,1-4,9H2,(H,24,25);1-6H;1-6H2,(H,12,13)/b17-11+;;. The summed E-state index contributed by atoms with van der Waals surface area (Å²) < 4.78 is 12.2. The lowest BCUT2D eigenvalue weighted by molar-refractivity contribution is -0.138. The van der Waals surface area contributed by atoms with E-state index in [1.807, 2.05) is 0 Å². The lowest BCUT2D eigenvalue weighted by Gasteiger charge is -2.13. The molecule has 2 N–H and O–H groups in total. The molecule has 19 heteroatoms. The van der Waals surface area contributed by atoms with Crippen molar-refractivity contribution in [1.29, 1.82) is 0 Å². The third-order valence-corrected chi connectivity index (χ3v) is 12.6. The van der Waals surface area contributed by atoms with Crippen LogP contribution < -0.4 is 0 Å². The number of hydrogen-bond donors (Lipinski definition) is 2. The number of nitrogens with zero attached hydrogens (tertiary/aromatic N) is 2. The van der Waals surface area contributed by atoms with Crippen molar-refractivity contribution in [1.82, 2.24) is 9.80 Å². The van der Waals surface area contributed by atoms with Crippen LogP contribution in [0.3, 0.4) is 0 Å². The zero-order valence-corrected chi connectivity index (χ0v) is 37.3. The van der Waals surface area contributed by atoms with Gasteiger partial charge < -0.3 is 19.0 Å². The SMILES string of the molecule is O=C(O)CCCCCN1C(=O)/C(=C\c2ccc(-c3ccc(Cl)c(Cl)c3)o2)SC1=S.O=C(O)CCCCCN1C(=O)CSC1=S.O=Cc1ccc(-c2ccc(Cl)c(Cl)c2)o1. The molecule has 2 saturated heterocycles. The Morgan fingerprint density at radius 3 is 1.64 bits per heavy atom. The second kappa shape index (κ2) is 23.9. The second-order valence-corrected chi connectivity index (χ2v) is 17.5. The van der Waals surface area contributed by atoms with E-state index >= 15 is 0 Å². The zero-order chi connectivity index (χ0) is 43.1. The number of benzene rings is 2. The first-order chi connectivity index (χ1) is 28.2. The Kier molecular flexibility index (Phi) is 19.5. The van der Waals surface area contributed by atoms with Gasteiger partial charge in [0, 0.05) is 43.1 Å². The first-order valence-electron chi connectivity index (χ1n) is 17.9. The minimum atomic E-state index is -0.808. The summed E-state index contributed by atoms with van der Waals surface area (Å²) in [6.07, 6.45) is 6.99. The fourth-order valence-electron chi connectivity index (χ4n) is 5.32. The third-order valence-electron chi connectivity index (χ3n) is 8.31. The summed E-state index contributed by atoms with van der Waals surface area (Å²) >= 11 is 36.6. The number of carboxylic acids is 2. The van der Waals surface area contributed by atoms with Gasteiger partial charge in [0.1, 0.15) is 25.9 Å². The van der Waals surface area contributed by atoms with Gasteiger partial charge in [0.2, 0.25) is 5.91 Å². The summed E-state index contributed by atoms with van der Waals surface area (Å²) in [5.41, 5.74) is 1.57. The lowest BCUT2D eigenvalue weighted by Crippen LogP contribution is -2.29. The van der Waals surface area contributed by atoms with E-state index in [1.54, 1.807) is 76.5 Å². The number of aldehydes is 1. The van der Waals surface area contributed by atoms with Crippen molar-refractivity contribution in [3.8, 4) is 22.6 Å². The zero-order valence-electron chi connectivity index (χ0n) is 31.0. The first kappa shape index (κ1) is 48.0. The quantitative estimate of drug-likeness (QED) is 0.0473. The van der Waals surface area contributed by atoms with Gasteiger partial charge in [0.15, 0.2) is 12.0 Å². The van der Waals surface area contributed by atoms with Gasteiger partial charge in [-0.3, -0.25) is 33.8 Å². The molecule has 0 unspecified atom stereocenters. The van der Waals surface area contributed by atoms with Crippen LogP contribution in [0.15, 0.2) is 74.4 Å². The number of hydrogen-bond acceptors (Lipinski definition) is 11. The highest BCUT2D eigenvalue weighted by Crippen LogP contribution is 2.35. The van der Waals surface area contributed by atoms with E-state index in [-0.39, 0.29) is 30.4 Å². The Labute approximate surface area is 379 Å². The summed E-state index contributed by atoms with van der Waals surface area (Å²) in [6, 6.07) is 17.3. The molecule has 4 heterocycles. The average Bonchev–Trinajstić information content (AvgIpc) is 4.00. The number of aliphatic carboxylic acids is 2. The molecule has 0 saturated carbocycles. The highest BCUT2D eigenvalue weighted by molar-refractivity contribution is 8.26.